The maximum Gasteiger partial charge on any atom is 0.140 e. The molecule has 162 valence electrons. The Kier molecular flexibility index (Phi) is 7.12. The van der Waals surface area contributed by atoms with Crippen LogP contribution < -0.4 is 15.2 Å². The van der Waals surface area contributed by atoms with Gasteiger partial charge in [-0.1, -0.05) is 30.3 Å². The molecule has 0 fully saturated rings. The number of para-hydroxylation sites is 1. The van der Waals surface area contributed by atoms with Gasteiger partial charge in [-0.2, -0.15) is 15.6 Å². The number of ether oxygens (including phenoxy) is 2. The summed E-state index contributed by atoms with van der Waals surface area (Å²) in [7, 11) is 1.57. The molecule has 0 amide bonds. The Hall–Kier alpha value is -4.27. The van der Waals surface area contributed by atoms with Crippen molar-refractivity contribution in [2.75, 3.05) is 19.5 Å². The first kappa shape index (κ1) is 22.4. The van der Waals surface area contributed by atoms with Gasteiger partial charge in [-0.3, -0.25) is 0 Å². The Bertz CT molecular complexity index is 1230. The third-order valence-corrected chi connectivity index (χ3v) is 4.89. The van der Waals surface area contributed by atoms with Gasteiger partial charge in [-0.05, 0) is 36.3 Å². The number of allylic oxidation sites excluding steroid dienone is 1. The minimum Gasteiger partial charge on any atom is -0.496 e. The summed E-state index contributed by atoms with van der Waals surface area (Å²) in [4.78, 5) is 0. The van der Waals surface area contributed by atoms with E-state index in [2.05, 4.69) is 11.2 Å². The summed E-state index contributed by atoms with van der Waals surface area (Å²) in [5.74, 6) is 1.51. The lowest BCUT2D eigenvalue weighted by molar-refractivity contribution is 0.270. The number of anilines is 1. The quantitative estimate of drug-likeness (QED) is 0.525. The lowest BCUT2D eigenvalue weighted by atomic mass is 10.0. The molecule has 0 atom stereocenters. The Labute approximate surface area is 186 Å². The molecule has 0 saturated carbocycles. The minimum atomic E-state index is -0.189. The predicted octanol–water partition coefficient (Wildman–Crippen LogP) is 3.29. The van der Waals surface area contributed by atoms with Crippen LogP contribution in [0, 0.1) is 29.6 Å². The van der Waals surface area contributed by atoms with Gasteiger partial charge in [-0.15, -0.1) is 0 Å². The number of nitrogens with two attached hydrogens (primary N) is 1. The minimum absolute atomic E-state index is 0.0986. The number of aryl methyl sites for hydroxylation is 1. The molecule has 0 saturated heterocycles. The number of aliphatic hydroxyl groups is 1. The molecule has 3 rings (SSSR count). The molecular formula is C24H23N5O3. The zero-order chi connectivity index (χ0) is 23.1. The highest BCUT2D eigenvalue weighted by Gasteiger charge is 2.19. The smallest absolute Gasteiger partial charge is 0.140 e. The number of nitrogens with zero attached hydrogens (tertiary/aromatic N) is 4. The summed E-state index contributed by atoms with van der Waals surface area (Å²) >= 11 is 0. The molecule has 0 aliphatic heterocycles. The van der Waals surface area contributed by atoms with Gasteiger partial charge in [0.15, 0.2) is 0 Å². The average molecular weight is 429 g/mol. The summed E-state index contributed by atoms with van der Waals surface area (Å²) in [5, 5.41) is 32.6. The molecule has 0 aliphatic carbocycles. The molecular weight excluding hydrogens is 406 g/mol. The zero-order valence-corrected chi connectivity index (χ0v) is 17.9. The predicted molar refractivity (Wildman–Crippen MR) is 120 cm³/mol. The number of benzene rings is 2. The number of methoxy groups -OCH3 is 1. The molecule has 0 aliphatic rings. The molecule has 1 heterocycles. The van der Waals surface area contributed by atoms with Crippen molar-refractivity contribution < 1.29 is 14.6 Å². The van der Waals surface area contributed by atoms with Crippen LogP contribution in [-0.2, 0) is 13.2 Å². The molecule has 0 bridgehead atoms. The van der Waals surface area contributed by atoms with E-state index in [-0.39, 0.29) is 35.8 Å². The van der Waals surface area contributed by atoms with E-state index in [0.29, 0.717) is 17.9 Å². The molecule has 0 unspecified atom stereocenters. The van der Waals surface area contributed by atoms with Gasteiger partial charge >= 0.3 is 0 Å². The van der Waals surface area contributed by atoms with Gasteiger partial charge in [0.2, 0.25) is 0 Å². The van der Waals surface area contributed by atoms with Crippen LogP contribution in [0.3, 0.4) is 0 Å². The van der Waals surface area contributed by atoms with Crippen molar-refractivity contribution in [1.29, 1.82) is 10.5 Å². The first-order valence-electron chi connectivity index (χ1n) is 9.87. The first-order valence-corrected chi connectivity index (χ1v) is 9.87. The SMILES string of the molecule is COc1cc(/C=C(\C#N)c2nn(CCO)c(N)c2C#N)ccc1COc1ccccc1C. The van der Waals surface area contributed by atoms with Gasteiger partial charge in [-0.25, -0.2) is 4.68 Å². The maximum atomic E-state index is 9.69. The van der Waals surface area contributed by atoms with Gasteiger partial charge in [0.05, 0.1) is 25.8 Å². The summed E-state index contributed by atoms with van der Waals surface area (Å²) in [6, 6.07) is 17.3. The number of aromatic nitrogens is 2. The maximum absolute atomic E-state index is 9.69. The monoisotopic (exact) mass is 429 g/mol. The fourth-order valence-electron chi connectivity index (χ4n) is 3.20. The highest BCUT2D eigenvalue weighted by atomic mass is 16.5. The lowest BCUT2D eigenvalue weighted by Crippen LogP contribution is -2.07. The molecule has 32 heavy (non-hydrogen) atoms. The van der Waals surface area contributed by atoms with E-state index < -0.39 is 0 Å². The Morgan fingerprint density at radius 2 is 2.00 bits per heavy atom. The van der Waals surface area contributed by atoms with Crippen molar-refractivity contribution in [3.05, 3.63) is 70.4 Å². The second-order valence-corrected chi connectivity index (χ2v) is 6.96. The molecule has 0 radical (unpaired) electrons. The third kappa shape index (κ3) is 4.72. The molecule has 3 aromatic rings. The summed E-state index contributed by atoms with van der Waals surface area (Å²) in [5.41, 5.74) is 8.97. The average Bonchev–Trinajstić information content (AvgIpc) is 3.12. The largest absolute Gasteiger partial charge is 0.496 e. The zero-order valence-electron chi connectivity index (χ0n) is 17.9. The Morgan fingerprint density at radius 1 is 1.22 bits per heavy atom. The Morgan fingerprint density at radius 3 is 2.66 bits per heavy atom. The fourth-order valence-corrected chi connectivity index (χ4v) is 3.20. The molecule has 8 nitrogen and oxygen atoms in total. The van der Waals surface area contributed by atoms with Gasteiger partial charge in [0.1, 0.15) is 47.3 Å². The highest BCUT2D eigenvalue weighted by molar-refractivity contribution is 5.91. The van der Waals surface area contributed by atoms with E-state index in [1.165, 1.54) is 4.68 Å². The van der Waals surface area contributed by atoms with Gasteiger partial charge in [0.25, 0.3) is 0 Å². The standard InChI is InChI=1S/C24H23N5O3/c1-16-5-3-4-6-21(16)32-15-18-8-7-17(12-22(18)31-2)11-19(13-25)23-20(14-26)24(27)29(28-23)9-10-30/h3-8,11-12,30H,9-10,15,27H2,1-2H3/b19-11+. The van der Waals surface area contributed by atoms with Crippen LogP contribution in [0.5, 0.6) is 11.5 Å². The van der Waals surface area contributed by atoms with Gasteiger partial charge in [0, 0.05) is 5.56 Å². The second kappa shape index (κ2) is 10.2. The van der Waals surface area contributed by atoms with Crippen LogP contribution in [0.2, 0.25) is 0 Å². The van der Waals surface area contributed by atoms with E-state index in [9.17, 15) is 10.5 Å². The van der Waals surface area contributed by atoms with E-state index in [1.807, 2.05) is 49.4 Å². The molecule has 3 N–H and O–H groups in total. The number of aliphatic hydroxyl groups excluding tert-OH is 1. The van der Waals surface area contributed by atoms with Crippen LogP contribution in [0.1, 0.15) is 27.9 Å². The number of rotatable bonds is 8. The van der Waals surface area contributed by atoms with Crippen molar-refractivity contribution in [2.24, 2.45) is 0 Å². The van der Waals surface area contributed by atoms with E-state index in [0.717, 1.165) is 16.9 Å². The molecule has 0 spiro atoms. The lowest BCUT2D eigenvalue weighted by Gasteiger charge is -2.12. The van der Waals surface area contributed by atoms with Crippen LogP contribution in [0.15, 0.2) is 42.5 Å². The van der Waals surface area contributed by atoms with E-state index in [1.54, 1.807) is 19.3 Å². The molecule has 1 aromatic heterocycles. The van der Waals surface area contributed by atoms with Gasteiger partial charge < -0.3 is 20.3 Å². The van der Waals surface area contributed by atoms with Crippen molar-refractivity contribution in [1.82, 2.24) is 9.78 Å². The Balaban J connectivity index is 1.91. The highest BCUT2D eigenvalue weighted by Crippen LogP contribution is 2.28. The topological polar surface area (TPSA) is 130 Å². The fraction of sp³-hybridized carbons (Fsp3) is 0.208. The first-order chi connectivity index (χ1) is 15.5. The van der Waals surface area contributed by atoms with Crippen molar-refractivity contribution in [2.45, 2.75) is 20.1 Å². The van der Waals surface area contributed by atoms with Crippen molar-refractivity contribution in [3.8, 4) is 23.6 Å². The van der Waals surface area contributed by atoms with Crippen LogP contribution >= 0.6 is 0 Å². The second-order valence-electron chi connectivity index (χ2n) is 6.96. The van der Waals surface area contributed by atoms with Crippen LogP contribution in [0.4, 0.5) is 5.82 Å². The molecule has 2 aromatic carbocycles. The van der Waals surface area contributed by atoms with Crippen molar-refractivity contribution >= 4 is 17.5 Å². The van der Waals surface area contributed by atoms with Crippen LogP contribution in [0.25, 0.3) is 11.6 Å². The number of nitriles is 2. The normalized spacial score (nSPS) is 11.0. The number of hydrogen-bond acceptors (Lipinski definition) is 7. The number of hydrogen-bond donors (Lipinski definition) is 2. The van der Waals surface area contributed by atoms with E-state index >= 15 is 0 Å². The summed E-state index contributed by atoms with van der Waals surface area (Å²) < 4.78 is 12.7. The molecule has 8 heteroatoms. The summed E-state index contributed by atoms with van der Waals surface area (Å²) in [6.07, 6.45) is 1.61. The van der Waals surface area contributed by atoms with Crippen molar-refractivity contribution in [3.63, 3.8) is 0 Å². The number of nitrogen functional groups attached to an aromatic ring is 1. The van der Waals surface area contributed by atoms with E-state index in [4.69, 9.17) is 20.3 Å². The van der Waals surface area contributed by atoms with Crippen LogP contribution in [-0.4, -0.2) is 28.6 Å². The third-order valence-electron chi connectivity index (χ3n) is 4.89. The summed E-state index contributed by atoms with van der Waals surface area (Å²) in [6.45, 7) is 2.24.